The van der Waals surface area contributed by atoms with Crippen molar-refractivity contribution in [3.8, 4) is 5.75 Å². The molecule has 141 valence electrons. The number of hydrogen-bond donors (Lipinski definition) is 1. The molecule has 0 radical (unpaired) electrons. The van der Waals surface area contributed by atoms with E-state index >= 15 is 0 Å². The molecule has 1 nitrogen and oxygen atoms in total. The topological polar surface area (TPSA) is 20.2 Å². The van der Waals surface area contributed by atoms with Crippen LogP contribution < -0.4 is 0 Å². The Morgan fingerprint density at radius 3 is 1.96 bits per heavy atom. The van der Waals surface area contributed by atoms with E-state index in [9.17, 15) is 5.11 Å². The molecule has 0 saturated heterocycles. The van der Waals surface area contributed by atoms with Crippen molar-refractivity contribution in [2.24, 2.45) is 0 Å². The maximum atomic E-state index is 9.27. The van der Waals surface area contributed by atoms with Crippen LogP contribution in [-0.4, -0.2) is 8.92 Å². The maximum Gasteiger partial charge on any atom is -0.109 e. The van der Waals surface area contributed by atoms with Crippen molar-refractivity contribution >= 4 is 40.2 Å². The summed E-state index contributed by atoms with van der Waals surface area (Å²) in [6.45, 7) is 10.6. The summed E-state index contributed by atoms with van der Waals surface area (Å²) >= 11 is 7.99. The van der Waals surface area contributed by atoms with Crippen molar-refractivity contribution in [3.05, 3.63) is 53.1 Å². The minimum absolute atomic E-state index is 0. The maximum absolute atomic E-state index is 9.27. The van der Waals surface area contributed by atoms with Crippen LogP contribution in [0.4, 0.5) is 0 Å². The van der Waals surface area contributed by atoms with E-state index in [2.05, 4.69) is 66.7 Å². The van der Waals surface area contributed by atoms with Gasteiger partial charge >= 0.3 is 50.5 Å². The summed E-state index contributed by atoms with van der Waals surface area (Å²) in [5.41, 5.74) is 1.08. The Bertz CT molecular complexity index is 510. The van der Waals surface area contributed by atoms with Crippen molar-refractivity contribution in [1.29, 1.82) is 0 Å². The molecule has 0 heterocycles. The number of phenols is 1. The number of benzene rings is 1. The molecule has 0 aliphatic heterocycles. The van der Waals surface area contributed by atoms with E-state index < -0.39 is 0 Å². The van der Waals surface area contributed by atoms with Gasteiger partial charge in [-0.25, -0.2) is 12.2 Å². The molecule has 1 aliphatic carbocycles. The normalized spacial score (nSPS) is 11.2. The largest absolute Gasteiger partial charge is 0.273 e. The van der Waals surface area contributed by atoms with Crippen LogP contribution in [0.2, 0.25) is 5.02 Å². The van der Waals surface area contributed by atoms with Gasteiger partial charge in [0.25, 0.3) is 0 Å². The number of rotatable bonds is 2. The third kappa shape index (κ3) is 15.9. The van der Waals surface area contributed by atoms with E-state index in [4.69, 9.17) is 11.6 Å². The monoisotopic (exact) mass is 439 g/mol. The molecule has 0 unspecified atom stereocenters. The van der Waals surface area contributed by atoms with Crippen LogP contribution in [0.3, 0.4) is 0 Å². The van der Waals surface area contributed by atoms with Gasteiger partial charge in [0.2, 0.25) is 0 Å². The molecule has 0 atom stereocenters. The van der Waals surface area contributed by atoms with Gasteiger partial charge in [-0.05, 0) is 29.2 Å². The summed E-state index contributed by atoms with van der Waals surface area (Å²) in [6, 6.07) is 5.16. The Hall–Kier alpha value is -0.0457. The molecule has 0 aromatic heterocycles. The third-order valence-electron chi connectivity index (χ3n) is 3.19. The molecule has 0 saturated carbocycles. The van der Waals surface area contributed by atoms with Crippen molar-refractivity contribution in [2.75, 3.05) is 0 Å². The molecule has 1 aliphatic rings. The Morgan fingerprint density at radius 2 is 1.72 bits per heavy atom. The minimum atomic E-state index is 0. The summed E-state index contributed by atoms with van der Waals surface area (Å²) in [5.74, 6) is 0.229. The van der Waals surface area contributed by atoms with Crippen molar-refractivity contribution < 1.29 is 25.1 Å². The van der Waals surface area contributed by atoms with Gasteiger partial charge in [0.15, 0.2) is 0 Å². The molecule has 2 rings (SSSR count). The molecule has 0 bridgehead atoms. The van der Waals surface area contributed by atoms with Crippen molar-refractivity contribution in [2.45, 2.75) is 59.3 Å². The fraction of sp³-hybridized carbons (Fsp3) is 0.450. The van der Waals surface area contributed by atoms with Crippen LogP contribution >= 0.6 is 36.4 Å². The quantitative estimate of drug-likeness (QED) is 0.387. The van der Waals surface area contributed by atoms with Crippen molar-refractivity contribution in [3.63, 3.8) is 0 Å². The second-order valence-corrected chi connectivity index (χ2v) is 7.80. The average Bonchev–Trinajstić information content (AvgIpc) is 3.04. The molecule has 0 spiro atoms. The standard InChI is InChI=1S/C10H13ClO.C5H5.C5H10.2ClH.Ti/c1-10(2,3)7-4-8(11)6-9(12)5-7;1-2-4-5-3-1;1-3-5-4-2;;;/h4-6,12H,1-3H3;1-3H,4H2;3-4H2,1-2H3;2*1H;/q;-1;;;;+1. The zero-order valence-corrected chi connectivity index (χ0v) is 19.7. The van der Waals surface area contributed by atoms with Gasteiger partial charge in [0.05, 0.1) is 0 Å². The van der Waals surface area contributed by atoms with Crippen LogP contribution in [0.15, 0.2) is 36.4 Å². The minimum Gasteiger partial charge on any atom is -0.273 e. The summed E-state index contributed by atoms with van der Waals surface area (Å²) in [4.78, 5) is 0. The van der Waals surface area contributed by atoms with E-state index in [1.54, 1.807) is 9.88 Å². The average molecular weight is 441 g/mol. The first kappa shape index (κ1) is 29.7. The molecule has 5 heteroatoms. The van der Waals surface area contributed by atoms with Gasteiger partial charge in [0.1, 0.15) is 5.75 Å². The van der Waals surface area contributed by atoms with Gasteiger partial charge in [-0.15, -0.1) is 31.2 Å². The van der Waals surface area contributed by atoms with Crippen LogP contribution in [0, 0.1) is 6.08 Å². The Kier molecular flexibility index (Phi) is 19.2. The molecule has 1 aromatic carbocycles. The van der Waals surface area contributed by atoms with Crippen LogP contribution in [0.25, 0.3) is 0 Å². The van der Waals surface area contributed by atoms with Crippen LogP contribution in [-0.2, 0) is 25.4 Å². The molecular formula is C20H30Cl3OTi. The fourth-order valence-corrected chi connectivity index (χ4v) is 1.83. The van der Waals surface area contributed by atoms with E-state index in [1.165, 1.54) is 18.9 Å². The summed E-state index contributed by atoms with van der Waals surface area (Å²) in [6.07, 6.45) is 12.5. The SMILES string of the molecule is CC(C)(C)c1cc(O)cc(Cl)c1.CC[C](=[Ti+])CC.Cl.Cl.[C-]1=CC=CC1. The van der Waals surface area contributed by atoms with Gasteiger partial charge in [-0.2, -0.15) is 6.08 Å². The number of halogens is 3. The first-order valence-corrected chi connectivity index (χ1v) is 9.14. The zero-order valence-electron chi connectivity index (χ0n) is 15.7. The smallest absolute Gasteiger partial charge is 0.109 e. The first-order chi connectivity index (χ1) is 10.7. The summed E-state index contributed by atoms with van der Waals surface area (Å²) in [5, 5.41) is 9.86. The predicted octanol–water partition coefficient (Wildman–Crippen LogP) is 7.02. The molecule has 1 N–H and O–H groups in total. The fourth-order valence-electron chi connectivity index (χ4n) is 1.60. The number of hydrogen-bond acceptors (Lipinski definition) is 1. The Morgan fingerprint density at radius 1 is 1.16 bits per heavy atom. The number of allylic oxidation sites excluding steroid dienone is 4. The second-order valence-electron chi connectivity index (χ2n) is 6.26. The second kappa shape index (κ2) is 16.2. The summed E-state index contributed by atoms with van der Waals surface area (Å²) < 4.78 is 1.59. The van der Waals surface area contributed by atoms with Crippen molar-refractivity contribution in [1.82, 2.24) is 0 Å². The summed E-state index contributed by atoms with van der Waals surface area (Å²) in [7, 11) is 0. The molecular weight excluding hydrogens is 410 g/mol. The molecule has 25 heavy (non-hydrogen) atoms. The van der Waals surface area contributed by atoms with Gasteiger partial charge in [-0.3, -0.25) is 6.08 Å². The molecule has 0 amide bonds. The number of aromatic hydroxyl groups is 1. The molecule has 0 fully saturated rings. The zero-order chi connectivity index (χ0) is 17.9. The predicted molar refractivity (Wildman–Crippen MR) is 113 cm³/mol. The van der Waals surface area contributed by atoms with E-state index in [-0.39, 0.29) is 36.0 Å². The Balaban J connectivity index is -0.000000316. The van der Waals surface area contributed by atoms with E-state index in [0.29, 0.717) is 5.02 Å². The Labute approximate surface area is 182 Å². The van der Waals surface area contributed by atoms with Gasteiger partial charge in [-0.1, -0.05) is 32.4 Å². The van der Waals surface area contributed by atoms with Gasteiger partial charge in [0, 0.05) is 5.02 Å². The first-order valence-electron chi connectivity index (χ1n) is 7.98. The van der Waals surface area contributed by atoms with Gasteiger partial charge < -0.3 is 5.11 Å². The van der Waals surface area contributed by atoms with E-state index in [1.807, 2.05) is 18.2 Å². The van der Waals surface area contributed by atoms with Crippen LogP contribution in [0.5, 0.6) is 5.75 Å². The van der Waals surface area contributed by atoms with Crippen LogP contribution in [0.1, 0.15) is 59.4 Å². The van der Waals surface area contributed by atoms with E-state index in [0.717, 1.165) is 12.0 Å². The number of phenolic OH excluding ortho intramolecular Hbond substituents is 1. The third-order valence-corrected chi connectivity index (χ3v) is 4.51. The molecule has 1 aromatic rings.